The van der Waals surface area contributed by atoms with E-state index in [1.54, 1.807) is 18.2 Å². The van der Waals surface area contributed by atoms with Gasteiger partial charge < -0.3 is 5.11 Å². The highest BCUT2D eigenvalue weighted by Crippen LogP contribution is 2.27. The van der Waals surface area contributed by atoms with Gasteiger partial charge in [0.1, 0.15) is 0 Å². The predicted molar refractivity (Wildman–Crippen MR) is 66.5 cm³/mol. The number of benzene rings is 1. The van der Waals surface area contributed by atoms with E-state index in [-0.39, 0.29) is 17.6 Å². The number of carbonyl (C=O) groups is 2. The molecule has 0 aliphatic heterocycles. The molecule has 3 heteroatoms. The van der Waals surface area contributed by atoms with Gasteiger partial charge in [0, 0.05) is 5.56 Å². The number of carboxylic acid groups (broad SMARTS) is 1. The number of hydrogen-bond acceptors (Lipinski definition) is 2. The first kappa shape index (κ1) is 13.4. The lowest BCUT2D eigenvalue weighted by Gasteiger charge is -2.23. The van der Waals surface area contributed by atoms with Crippen LogP contribution in [0.25, 0.3) is 0 Å². The maximum atomic E-state index is 11.3. The SMILES string of the molecule is CC(=O)c1ccc(CC(=O)O)c(C(C)(C)C)c1. The van der Waals surface area contributed by atoms with E-state index in [9.17, 15) is 9.59 Å². The van der Waals surface area contributed by atoms with Crippen molar-refractivity contribution in [2.75, 3.05) is 0 Å². The van der Waals surface area contributed by atoms with Gasteiger partial charge in [-0.1, -0.05) is 32.9 Å². The zero-order chi connectivity index (χ0) is 13.2. The summed E-state index contributed by atoms with van der Waals surface area (Å²) in [6.45, 7) is 7.55. The van der Waals surface area contributed by atoms with Crippen LogP contribution in [-0.2, 0) is 16.6 Å². The van der Waals surface area contributed by atoms with Crippen LogP contribution in [0.2, 0.25) is 0 Å². The van der Waals surface area contributed by atoms with Gasteiger partial charge in [0.25, 0.3) is 0 Å². The van der Waals surface area contributed by atoms with Crippen molar-refractivity contribution in [2.24, 2.45) is 0 Å². The van der Waals surface area contributed by atoms with Gasteiger partial charge in [0.05, 0.1) is 6.42 Å². The zero-order valence-electron chi connectivity index (χ0n) is 10.7. The highest BCUT2D eigenvalue weighted by Gasteiger charge is 2.20. The molecule has 0 saturated heterocycles. The molecule has 1 aromatic rings. The number of rotatable bonds is 3. The fraction of sp³-hybridized carbons (Fsp3) is 0.429. The standard InChI is InChI=1S/C14H18O3/c1-9(15)10-5-6-11(8-13(16)17)12(7-10)14(2,3)4/h5-7H,8H2,1-4H3,(H,16,17). The Morgan fingerprint density at radius 3 is 2.24 bits per heavy atom. The van der Waals surface area contributed by atoms with E-state index in [1.165, 1.54) is 6.92 Å². The lowest BCUT2D eigenvalue weighted by molar-refractivity contribution is -0.136. The van der Waals surface area contributed by atoms with Crippen LogP contribution in [0.4, 0.5) is 0 Å². The molecule has 0 unspecified atom stereocenters. The number of Topliss-reactive ketones (excluding diaryl/α,β-unsaturated/α-hetero) is 1. The molecule has 3 nitrogen and oxygen atoms in total. The maximum Gasteiger partial charge on any atom is 0.307 e. The van der Waals surface area contributed by atoms with Crippen molar-refractivity contribution >= 4 is 11.8 Å². The van der Waals surface area contributed by atoms with E-state index in [1.807, 2.05) is 20.8 Å². The summed E-state index contributed by atoms with van der Waals surface area (Å²) in [5.74, 6) is -0.858. The molecule has 92 valence electrons. The van der Waals surface area contributed by atoms with E-state index in [0.717, 1.165) is 11.1 Å². The van der Waals surface area contributed by atoms with Crippen LogP contribution in [0.5, 0.6) is 0 Å². The number of aliphatic carboxylic acids is 1. The van der Waals surface area contributed by atoms with Crippen LogP contribution in [0.1, 0.15) is 49.2 Å². The summed E-state index contributed by atoms with van der Waals surface area (Å²) in [5, 5.41) is 8.87. The molecule has 0 aliphatic carbocycles. The van der Waals surface area contributed by atoms with Gasteiger partial charge in [0.2, 0.25) is 0 Å². The minimum atomic E-state index is -0.855. The molecule has 0 atom stereocenters. The number of ketones is 1. The average molecular weight is 234 g/mol. The average Bonchev–Trinajstić information content (AvgIpc) is 2.15. The monoisotopic (exact) mass is 234 g/mol. The van der Waals surface area contributed by atoms with Gasteiger partial charge in [-0.25, -0.2) is 0 Å². The van der Waals surface area contributed by atoms with E-state index in [0.29, 0.717) is 5.56 Å². The third-order valence-electron chi connectivity index (χ3n) is 2.67. The highest BCUT2D eigenvalue weighted by atomic mass is 16.4. The fourth-order valence-electron chi connectivity index (χ4n) is 1.81. The molecule has 1 rings (SSSR count). The van der Waals surface area contributed by atoms with Gasteiger partial charge in [-0.2, -0.15) is 0 Å². The lowest BCUT2D eigenvalue weighted by Crippen LogP contribution is -2.17. The Bertz CT molecular complexity index is 453. The number of carbonyl (C=O) groups excluding carboxylic acids is 1. The molecule has 0 aliphatic rings. The molecule has 1 aromatic carbocycles. The molecule has 0 aromatic heterocycles. The summed E-state index contributed by atoms with van der Waals surface area (Å²) >= 11 is 0. The van der Waals surface area contributed by atoms with Gasteiger partial charge in [0.15, 0.2) is 5.78 Å². The fourth-order valence-corrected chi connectivity index (χ4v) is 1.81. The molecule has 0 bridgehead atoms. The molecule has 0 fully saturated rings. The summed E-state index contributed by atoms with van der Waals surface area (Å²) in [5.41, 5.74) is 2.16. The van der Waals surface area contributed by atoms with Crippen molar-refractivity contribution in [3.63, 3.8) is 0 Å². The summed E-state index contributed by atoms with van der Waals surface area (Å²) in [4.78, 5) is 22.1. The van der Waals surface area contributed by atoms with Crippen LogP contribution >= 0.6 is 0 Å². The van der Waals surface area contributed by atoms with Crippen molar-refractivity contribution in [3.8, 4) is 0 Å². The van der Waals surface area contributed by atoms with E-state index >= 15 is 0 Å². The Morgan fingerprint density at radius 1 is 1.24 bits per heavy atom. The van der Waals surface area contributed by atoms with Crippen molar-refractivity contribution in [1.82, 2.24) is 0 Å². The topological polar surface area (TPSA) is 54.4 Å². The van der Waals surface area contributed by atoms with E-state index in [4.69, 9.17) is 5.11 Å². The largest absolute Gasteiger partial charge is 0.481 e. The smallest absolute Gasteiger partial charge is 0.307 e. The first-order chi connectivity index (χ1) is 7.71. The van der Waals surface area contributed by atoms with Crippen LogP contribution < -0.4 is 0 Å². The molecule has 17 heavy (non-hydrogen) atoms. The molecule has 0 spiro atoms. The molecular formula is C14H18O3. The summed E-state index contributed by atoms with van der Waals surface area (Å²) in [6, 6.07) is 5.24. The second kappa shape index (κ2) is 4.70. The first-order valence-electron chi connectivity index (χ1n) is 5.58. The summed E-state index contributed by atoms with van der Waals surface area (Å²) in [7, 11) is 0. The van der Waals surface area contributed by atoms with Gasteiger partial charge in [-0.3, -0.25) is 9.59 Å². The summed E-state index contributed by atoms with van der Waals surface area (Å²) in [6.07, 6.45) is -0.00914. The molecule has 0 amide bonds. The maximum absolute atomic E-state index is 11.3. The minimum absolute atomic E-state index is 0.00243. The van der Waals surface area contributed by atoms with Gasteiger partial charge in [-0.05, 0) is 29.5 Å². The third kappa shape index (κ3) is 3.41. The Hall–Kier alpha value is -1.64. The normalized spacial score (nSPS) is 11.3. The van der Waals surface area contributed by atoms with Crippen LogP contribution in [-0.4, -0.2) is 16.9 Å². The van der Waals surface area contributed by atoms with E-state index in [2.05, 4.69) is 0 Å². The van der Waals surface area contributed by atoms with Crippen molar-refractivity contribution < 1.29 is 14.7 Å². The Morgan fingerprint density at radius 2 is 1.82 bits per heavy atom. The van der Waals surface area contributed by atoms with Crippen LogP contribution in [0.3, 0.4) is 0 Å². The predicted octanol–water partition coefficient (Wildman–Crippen LogP) is 2.81. The van der Waals surface area contributed by atoms with Crippen LogP contribution in [0.15, 0.2) is 18.2 Å². The van der Waals surface area contributed by atoms with Gasteiger partial charge in [-0.15, -0.1) is 0 Å². The molecular weight excluding hydrogens is 216 g/mol. The second-order valence-corrected chi connectivity index (χ2v) is 5.25. The van der Waals surface area contributed by atoms with E-state index < -0.39 is 5.97 Å². The molecule has 0 heterocycles. The van der Waals surface area contributed by atoms with Crippen molar-refractivity contribution in [3.05, 3.63) is 34.9 Å². The van der Waals surface area contributed by atoms with Crippen molar-refractivity contribution in [1.29, 1.82) is 0 Å². The highest BCUT2D eigenvalue weighted by molar-refractivity contribution is 5.94. The Kier molecular flexibility index (Phi) is 3.71. The van der Waals surface area contributed by atoms with Crippen molar-refractivity contribution in [2.45, 2.75) is 39.5 Å². The first-order valence-corrected chi connectivity index (χ1v) is 5.58. The minimum Gasteiger partial charge on any atom is -0.481 e. The number of carboxylic acids is 1. The molecule has 1 N–H and O–H groups in total. The lowest BCUT2D eigenvalue weighted by atomic mass is 9.81. The second-order valence-electron chi connectivity index (χ2n) is 5.25. The molecule has 0 radical (unpaired) electrons. The van der Waals surface area contributed by atoms with Crippen LogP contribution in [0, 0.1) is 0 Å². The Balaban J connectivity index is 3.31. The third-order valence-corrected chi connectivity index (χ3v) is 2.67. The van der Waals surface area contributed by atoms with Gasteiger partial charge >= 0.3 is 5.97 Å². The number of hydrogen-bond donors (Lipinski definition) is 1. The zero-order valence-corrected chi connectivity index (χ0v) is 10.7. The summed E-state index contributed by atoms with van der Waals surface area (Å²) < 4.78 is 0. The quantitative estimate of drug-likeness (QED) is 0.818. The Labute approximate surface area is 101 Å². The molecule has 0 saturated carbocycles.